The molecule has 0 bridgehead atoms. The lowest BCUT2D eigenvalue weighted by Crippen LogP contribution is -2.38. The van der Waals surface area contributed by atoms with E-state index < -0.39 is 5.97 Å². The van der Waals surface area contributed by atoms with Crippen molar-refractivity contribution in [3.8, 4) is 22.8 Å². The average molecular weight is 687 g/mol. The molecule has 48 heavy (non-hydrogen) atoms. The van der Waals surface area contributed by atoms with Crippen LogP contribution in [0, 0.1) is 0 Å². The first-order valence-corrected chi connectivity index (χ1v) is 16.8. The average Bonchev–Trinajstić information content (AvgIpc) is 3.37. The molecule has 6 rings (SSSR count). The van der Waals surface area contributed by atoms with Gasteiger partial charge in [-0.05, 0) is 65.6 Å². The van der Waals surface area contributed by atoms with Gasteiger partial charge in [-0.15, -0.1) is 0 Å². The second-order valence-electron chi connectivity index (χ2n) is 11.1. The van der Waals surface area contributed by atoms with Crippen LogP contribution < -0.4 is 9.47 Å². The van der Waals surface area contributed by atoms with E-state index in [9.17, 15) is 19.8 Å². The maximum atomic E-state index is 13.6. The highest BCUT2D eigenvalue weighted by Crippen LogP contribution is 2.37. The molecule has 3 aromatic carbocycles. The number of carbonyl (C=O) groups excluding carboxylic acids is 1. The zero-order valence-corrected chi connectivity index (χ0v) is 27.7. The number of rotatable bonds is 13. The largest absolute Gasteiger partial charge is 0.492 e. The molecule has 3 heterocycles. The molecule has 4 aromatic rings. The van der Waals surface area contributed by atoms with E-state index in [0.717, 1.165) is 41.9 Å². The molecule has 1 amide bonds. The molecule has 0 radical (unpaired) electrons. The fourth-order valence-corrected chi connectivity index (χ4v) is 6.74. The fraction of sp³-hybridized carbons (Fsp3) is 0.286. The van der Waals surface area contributed by atoms with Crippen LogP contribution in [0.5, 0.6) is 11.6 Å². The van der Waals surface area contributed by atoms with E-state index in [1.807, 2.05) is 42.5 Å². The van der Waals surface area contributed by atoms with Crippen molar-refractivity contribution < 1.29 is 34.0 Å². The molecule has 0 unspecified atom stereocenters. The van der Waals surface area contributed by atoms with Crippen LogP contribution in [0.4, 0.5) is 0 Å². The number of thiocarbonyl (C=S) groups is 1. The van der Waals surface area contributed by atoms with Crippen LogP contribution in [0.1, 0.15) is 21.5 Å². The number of amides is 1. The van der Waals surface area contributed by atoms with Gasteiger partial charge >= 0.3 is 5.97 Å². The number of carboxylic acids is 1. The minimum absolute atomic E-state index is 0.117. The third-order valence-electron chi connectivity index (χ3n) is 8.03. The molecule has 0 saturated carbocycles. The molecule has 248 valence electrons. The lowest BCUT2D eigenvalue weighted by Gasteiger charge is -2.26. The Kier molecular flexibility index (Phi) is 10.9. The summed E-state index contributed by atoms with van der Waals surface area (Å²) in [6.07, 6.45) is 3.79. The molecule has 0 spiro atoms. The number of aromatic nitrogens is 2. The highest BCUT2D eigenvalue weighted by atomic mass is 32.2. The quantitative estimate of drug-likeness (QED) is 0.151. The van der Waals surface area contributed by atoms with E-state index in [0.29, 0.717) is 64.5 Å². The van der Waals surface area contributed by atoms with Crippen molar-refractivity contribution >= 4 is 57.2 Å². The molecule has 2 aliphatic heterocycles. The predicted molar refractivity (Wildman–Crippen MR) is 187 cm³/mol. The van der Waals surface area contributed by atoms with Gasteiger partial charge in [0, 0.05) is 31.7 Å². The van der Waals surface area contributed by atoms with Crippen molar-refractivity contribution in [1.29, 1.82) is 0 Å². The van der Waals surface area contributed by atoms with Gasteiger partial charge in [0.15, 0.2) is 0 Å². The third kappa shape index (κ3) is 8.00. The van der Waals surface area contributed by atoms with E-state index in [1.165, 1.54) is 18.1 Å². The van der Waals surface area contributed by atoms with Gasteiger partial charge in [0.25, 0.3) is 5.91 Å². The molecule has 0 atom stereocenters. The lowest BCUT2D eigenvalue weighted by molar-refractivity contribution is -0.122. The van der Waals surface area contributed by atoms with E-state index in [2.05, 4.69) is 14.9 Å². The molecule has 2 N–H and O–H groups in total. The van der Waals surface area contributed by atoms with Crippen LogP contribution in [0.15, 0.2) is 71.9 Å². The number of benzene rings is 3. The summed E-state index contributed by atoms with van der Waals surface area (Å²) in [5.41, 5.74) is 4.35. The van der Waals surface area contributed by atoms with Crippen molar-refractivity contribution in [2.45, 2.75) is 6.42 Å². The number of ether oxygens (including phenoxy) is 3. The number of thioether (sulfide) groups is 1. The van der Waals surface area contributed by atoms with Gasteiger partial charge in [0.2, 0.25) is 5.88 Å². The first kappa shape index (κ1) is 33.5. The first-order chi connectivity index (χ1) is 23.4. The van der Waals surface area contributed by atoms with E-state index in [4.69, 9.17) is 26.4 Å². The third-order valence-corrected chi connectivity index (χ3v) is 9.40. The Bertz CT molecular complexity index is 1840. The van der Waals surface area contributed by atoms with Gasteiger partial charge in [-0.25, -0.2) is 14.8 Å². The number of aliphatic hydroxyl groups excluding tert-OH is 1. The Morgan fingerprint density at radius 1 is 0.979 bits per heavy atom. The molecule has 2 fully saturated rings. The number of aromatic carboxylic acids is 1. The van der Waals surface area contributed by atoms with E-state index in [-0.39, 0.29) is 24.7 Å². The number of carbonyl (C=O) groups is 2. The van der Waals surface area contributed by atoms with Crippen molar-refractivity contribution in [2.24, 2.45) is 0 Å². The van der Waals surface area contributed by atoms with Gasteiger partial charge in [0.1, 0.15) is 29.6 Å². The Morgan fingerprint density at radius 3 is 2.52 bits per heavy atom. The van der Waals surface area contributed by atoms with E-state index >= 15 is 0 Å². The minimum atomic E-state index is -0.983. The number of carboxylic acid groups (broad SMARTS) is 1. The number of nitrogens with zero attached hydrogens (tertiary/aromatic N) is 4. The predicted octanol–water partition coefficient (Wildman–Crippen LogP) is 4.52. The normalized spacial score (nSPS) is 16.2. The van der Waals surface area contributed by atoms with Crippen LogP contribution in [0.3, 0.4) is 0 Å². The second-order valence-corrected chi connectivity index (χ2v) is 12.8. The monoisotopic (exact) mass is 686 g/mol. The molecule has 13 heteroatoms. The van der Waals surface area contributed by atoms with Crippen molar-refractivity contribution in [3.63, 3.8) is 0 Å². The zero-order valence-electron chi connectivity index (χ0n) is 26.0. The molecular weight excluding hydrogens is 653 g/mol. The van der Waals surface area contributed by atoms with Gasteiger partial charge in [0.05, 0.1) is 41.2 Å². The number of hydrogen-bond donors (Lipinski definition) is 2. The maximum absolute atomic E-state index is 13.6. The zero-order chi connectivity index (χ0) is 33.5. The van der Waals surface area contributed by atoms with Crippen LogP contribution in [-0.4, -0.2) is 105 Å². The highest BCUT2D eigenvalue weighted by molar-refractivity contribution is 8.26. The number of morpholine rings is 1. The Balaban J connectivity index is 1.26. The smallest absolute Gasteiger partial charge is 0.335 e. The summed E-state index contributed by atoms with van der Waals surface area (Å²) in [5, 5.41) is 19.1. The standard InChI is InChI=1S/C35H34N4O7S2/c40-14-18-46-32-28-20-26(5-7-29(28)36-22-37-32)25-6-8-30(45-17-13-38-11-15-44-16-12-38)27(19-25)21-31-33(41)39(35(47)48-31)10-9-23-1-3-24(4-2-23)34(42)43/h1-8,19-22,40H,9-18H2,(H,42,43). The summed E-state index contributed by atoms with van der Waals surface area (Å²) < 4.78 is 17.9. The Hall–Kier alpha value is -4.40. The van der Waals surface area contributed by atoms with Crippen molar-refractivity contribution in [1.82, 2.24) is 19.8 Å². The topological polar surface area (TPSA) is 135 Å². The summed E-state index contributed by atoms with van der Waals surface area (Å²) in [6, 6.07) is 18.3. The van der Waals surface area contributed by atoms with Gasteiger partial charge < -0.3 is 24.4 Å². The fourth-order valence-electron chi connectivity index (χ4n) is 5.44. The molecule has 11 nitrogen and oxygen atoms in total. The molecule has 0 aliphatic carbocycles. The minimum Gasteiger partial charge on any atom is -0.492 e. The number of hydrogen-bond acceptors (Lipinski definition) is 11. The maximum Gasteiger partial charge on any atom is 0.335 e. The molecule has 2 aliphatic rings. The van der Waals surface area contributed by atoms with Gasteiger partial charge in [-0.3, -0.25) is 14.6 Å². The molecular formula is C35H34N4O7S2. The van der Waals surface area contributed by atoms with Gasteiger partial charge in [-0.2, -0.15) is 0 Å². The summed E-state index contributed by atoms with van der Waals surface area (Å²) >= 11 is 6.86. The molecule has 2 saturated heterocycles. The van der Waals surface area contributed by atoms with Crippen LogP contribution in [-0.2, 0) is 16.0 Å². The van der Waals surface area contributed by atoms with E-state index in [1.54, 1.807) is 29.2 Å². The number of aliphatic hydroxyl groups is 1. The van der Waals surface area contributed by atoms with Crippen LogP contribution >= 0.6 is 24.0 Å². The highest BCUT2D eigenvalue weighted by Gasteiger charge is 2.32. The van der Waals surface area contributed by atoms with Crippen LogP contribution in [0.2, 0.25) is 0 Å². The van der Waals surface area contributed by atoms with Crippen molar-refractivity contribution in [3.05, 3.63) is 88.6 Å². The summed E-state index contributed by atoms with van der Waals surface area (Å²) in [7, 11) is 0. The Morgan fingerprint density at radius 2 is 1.75 bits per heavy atom. The lowest BCUT2D eigenvalue weighted by atomic mass is 10.0. The number of fused-ring (bicyclic) bond motifs is 1. The van der Waals surface area contributed by atoms with Gasteiger partial charge in [-0.1, -0.05) is 48.2 Å². The summed E-state index contributed by atoms with van der Waals surface area (Å²) in [6.45, 7) is 4.71. The summed E-state index contributed by atoms with van der Waals surface area (Å²) in [4.78, 5) is 37.8. The van der Waals surface area contributed by atoms with Crippen molar-refractivity contribution in [2.75, 3.05) is 59.2 Å². The SMILES string of the molecule is O=C(O)c1ccc(CCN2C(=O)C(=Cc3cc(-c4ccc5ncnc(OCCO)c5c4)ccc3OCCN3CCOCC3)SC2=S)cc1. The van der Waals surface area contributed by atoms with Crippen LogP contribution in [0.25, 0.3) is 28.1 Å². The first-order valence-electron chi connectivity index (χ1n) is 15.5. The summed E-state index contributed by atoms with van der Waals surface area (Å²) in [5.74, 6) is -0.137. The second kappa shape index (κ2) is 15.7. The molecule has 1 aromatic heterocycles. The Labute approximate surface area is 287 Å².